The number of carbonyl (C=O) groups excluding carboxylic acids is 1. The van der Waals surface area contributed by atoms with Gasteiger partial charge in [-0.05, 0) is 37.1 Å². The van der Waals surface area contributed by atoms with E-state index in [-0.39, 0.29) is 5.91 Å². The molecule has 0 spiro atoms. The number of amides is 1. The van der Waals surface area contributed by atoms with Crippen LogP contribution in [0.15, 0.2) is 12.3 Å². The van der Waals surface area contributed by atoms with Crippen molar-refractivity contribution in [1.29, 1.82) is 0 Å². The first-order valence-corrected chi connectivity index (χ1v) is 9.06. The average Bonchev–Trinajstić information content (AvgIpc) is 2.84. The first kappa shape index (κ1) is 14.7. The summed E-state index contributed by atoms with van der Waals surface area (Å²) in [6.45, 7) is 2.72. The summed E-state index contributed by atoms with van der Waals surface area (Å²) in [5, 5.41) is 4.49. The summed E-state index contributed by atoms with van der Waals surface area (Å²) in [4.78, 5) is 18.1. The lowest BCUT2D eigenvalue weighted by Crippen LogP contribution is -2.31. The summed E-state index contributed by atoms with van der Waals surface area (Å²) in [5.41, 5.74) is 7.78. The van der Waals surface area contributed by atoms with Gasteiger partial charge in [-0.25, -0.2) is 4.98 Å². The molecule has 0 radical (unpaired) electrons. The fraction of sp³-hybridized carbons (Fsp3) is 0.467. The Morgan fingerprint density at radius 3 is 3.10 bits per heavy atom. The second-order valence-electron chi connectivity index (χ2n) is 5.35. The summed E-state index contributed by atoms with van der Waals surface area (Å²) in [6.07, 6.45) is 5.51. The minimum Gasteiger partial charge on any atom is -0.397 e. The number of hydrogen-bond donors (Lipinski definition) is 2. The van der Waals surface area contributed by atoms with E-state index in [0.29, 0.717) is 15.8 Å². The van der Waals surface area contributed by atoms with E-state index in [2.05, 4.69) is 10.3 Å². The molecule has 3 rings (SSSR count). The summed E-state index contributed by atoms with van der Waals surface area (Å²) < 4.78 is 0. The highest BCUT2D eigenvalue weighted by atomic mass is 32.2. The van der Waals surface area contributed by atoms with Gasteiger partial charge >= 0.3 is 0 Å². The molecule has 0 aliphatic carbocycles. The number of carbonyl (C=O) groups is 1. The summed E-state index contributed by atoms with van der Waals surface area (Å²) in [7, 11) is 0. The summed E-state index contributed by atoms with van der Waals surface area (Å²) in [6, 6.07) is 1.92. The molecule has 1 saturated heterocycles. The number of aromatic nitrogens is 1. The van der Waals surface area contributed by atoms with Crippen LogP contribution in [0.2, 0.25) is 0 Å². The van der Waals surface area contributed by atoms with E-state index in [1.807, 2.05) is 24.8 Å². The third kappa shape index (κ3) is 3.01. The molecule has 0 saturated carbocycles. The van der Waals surface area contributed by atoms with Crippen LogP contribution in [-0.2, 0) is 0 Å². The summed E-state index contributed by atoms with van der Waals surface area (Å²) >= 11 is 3.33. The number of aryl methyl sites for hydroxylation is 1. The number of thioether (sulfide) groups is 1. The van der Waals surface area contributed by atoms with Gasteiger partial charge in [0.25, 0.3) is 5.91 Å². The molecule has 2 aromatic rings. The van der Waals surface area contributed by atoms with Crippen molar-refractivity contribution in [2.24, 2.45) is 0 Å². The third-order valence-electron chi connectivity index (χ3n) is 3.81. The maximum atomic E-state index is 12.4. The smallest absolute Gasteiger partial charge is 0.263 e. The van der Waals surface area contributed by atoms with Crippen LogP contribution in [0.25, 0.3) is 10.2 Å². The molecule has 0 aromatic carbocycles. The van der Waals surface area contributed by atoms with Gasteiger partial charge in [-0.3, -0.25) is 4.79 Å². The number of nitrogen functional groups attached to an aromatic ring is 1. The van der Waals surface area contributed by atoms with Crippen LogP contribution in [-0.4, -0.2) is 28.4 Å². The van der Waals surface area contributed by atoms with Gasteiger partial charge in [-0.1, -0.05) is 6.42 Å². The number of rotatable bonds is 3. The maximum absolute atomic E-state index is 12.4. The van der Waals surface area contributed by atoms with Gasteiger partial charge in [-0.15, -0.1) is 11.3 Å². The number of nitrogens with two attached hydrogens (primary N) is 1. The van der Waals surface area contributed by atoms with Gasteiger partial charge in [0.05, 0.1) is 5.69 Å². The Balaban J connectivity index is 1.75. The van der Waals surface area contributed by atoms with Gasteiger partial charge in [0.2, 0.25) is 0 Å². The number of anilines is 1. The van der Waals surface area contributed by atoms with Crippen molar-refractivity contribution in [1.82, 2.24) is 10.3 Å². The fourth-order valence-corrected chi connectivity index (χ4v) is 4.92. The normalized spacial score (nSPS) is 18.8. The standard InChI is InChI=1S/C15H19N3OS2/c1-9-5-6-17-15-11(9)12(16)13(21-15)14(19)18-8-10-4-2-3-7-20-10/h5-6,10H,2-4,7-8,16H2,1H3,(H,18,19). The van der Waals surface area contributed by atoms with Gasteiger partial charge in [0, 0.05) is 23.4 Å². The molecular formula is C15H19N3OS2. The monoisotopic (exact) mass is 321 g/mol. The van der Waals surface area contributed by atoms with E-state index in [1.54, 1.807) is 6.20 Å². The van der Waals surface area contributed by atoms with E-state index in [4.69, 9.17) is 5.73 Å². The van der Waals surface area contributed by atoms with Gasteiger partial charge < -0.3 is 11.1 Å². The van der Waals surface area contributed by atoms with Crippen molar-refractivity contribution in [3.05, 3.63) is 22.7 Å². The molecule has 112 valence electrons. The minimum absolute atomic E-state index is 0.0685. The quantitative estimate of drug-likeness (QED) is 0.911. The Hall–Kier alpha value is -1.27. The van der Waals surface area contributed by atoms with E-state index >= 15 is 0 Å². The minimum atomic E-state index is -0.0685. The van der Waals surface area contributed by atoms with Crippen LogP contribution >= 0.6 is 23.1 Å². The lowest BCUT2D eigenvalue weighted by molar-refractivity contribution is 0.0958. The highest BCUT2D eigenvalue weighted by Crippen LogP contribution is 2.34. The number of pyridine rings is 1. The molecular weight excluding hydrogens is 302 g/mol. The fourth-order valence-electron chi connectivity index (χ4n) is 2.63. The van der Waals surface area contributed by atoms with Crippen LogP contribution in [0.4, 0.5) is 5.69 Å². The SMILES string of the molecule is Cc1ccnc2sc(C(=O)NCC3CCCCS3)c(N)c12. The lowest BCUT2D eigenvalue weighted by atomic mass is 10.1. The molecule has 1 atom stereocenters. The Morgan fingerprint density at radius 1 is 1.52 bits per heavy atom. The van der Waals surface area contributed by atoms with Crippen LogP contribution in [0, 0.1) is 6.92 Å². The molecule has 6 heteroatoms. The predicted octanol–water partition coefficient (Wildman–Crippen LogP) is 3.20. The molecule has 4 nitrogen and oxygen atoms in total. The highest BCUT2D eigenvalue weighted by Gasteiger charge is 2.20. The van der Waals surface area contributed by atoms with Gasteiger partial charge in [-0.2, -0.15) is 11.8 Å². The van der Waals surface area contributed by atoms with Crippen molar-refractivity contribution in [2.45, 2.75) is 31.4 Å². The largest absolute Gasteiger partial charge is 0.397 e. The number of thiophene rings is 1. The number of fused-ring (bicyclic) bond motifs is 1. The average molecular weight is 321 g/mol. The third-order valence-corrected chi connectivity index (χ3v) is 6.32. The van der Waals surface area contributed by atoms with Crippen LogP contribution in [0.3, 0.4) is 0 Å². The highest BCUT2D eigenvalue weighted by molar-refractivity contribution is 7.99. The Morgan fingerprint density at radius 2 is 2.38 bits per heavy atom. The predicted molar refractivity (Wildman–Crippen MR) is 91.2 cm³/mol. The van der Waals surface area contributed by atoms with Crippen LogP contribution < -0.4 is 11.1 Å². The van der Waals surface area contributed by atoms with Crippen molar-refractivity contribution in [3.8, 4) is 0 Å². The zero-order chi connectivity index (χ0) is 14.8. The van der Waals surface area contributed by atoms with E-state index in [1.165, 1.54) is 36.4 Å². The lowest BCUT2D eigenvalue weighted by Gasteiger charge is -2.21. The zero-order valence-corrected chi connectivity index (χ0v) is 13.6. The first-order chi connectivity index (χ1) is 10.2. The molecule has 21 heavy (non-hydrogen) atoms. The molecule has 3 N–H and O–H groups in total. The molecule has 0 bridgehead atoms. The molecule has 1 fully saturated rings. The van der Waals surface area contributed by atoms with Crippen LogP contribution in [0.5, 0.6) is 0 Å². The molecule has 2 aromatic heterocycles. The molecule has 3 heterocycles. The Kier molecular flexibility index (Phi) is 4.35. The van der Waals surface area contributed by atoms with Crippen LogP contribution in [0.1, 0.15) is 34.5 Å². The van der Waals surface area contributed by atoms with E-state index in [9.17, 15) is 4.79 Å². The van der Waals surface area contributed by atoms with E-state index in [0.717, 1.165) is 22.3 Å². The zero-order valence-electron chi connectivity index (χ0n) is 12.0. The maximum Gasteiger partial charge on any atom is 0.263 e. The number of hydrogen-bond acceptors (Lipinski definition) is 5. The topological polar surface area (TPSA) is 68.0 Å². The summed E-state index contributed by atoms with van der Waals surface area (Å²) in [5.74, 6) is 1.13. The van der Waals surface area contributed by atoms with E-state index < -0.39 is 0 Å². The Labute approximate surface area is 132 Å². The molecule has 1 aliphatic heterocycles. The van der Waals surface area contributed by atoms with Gasteiger partial charge in [0.15, 0.2) is 0 Å². The van der Waals surface area contributed by atoms with Crippen molar-refractivity contribution < 1.29 is 4.79 Å². The molecule has 1 aliphatic rings. The van der Waals surface area contributed by atoms with Gasteiger partial charge in [0.1, 0.15) is 9.71 Å². The first-order valence-electron chi connectivity index (χ1n) is 7.20. The molecule has 1 amide bonds. The van der Waals surface area contributed by atoms with Crippen molar-refractivity contribution in [2.75, 3.05) is 18.0 Å². The Bertz CT molecular complexity index is 662. The second-order valence-corrected chi connectivity index (χ2v) is 7.76. The number of nitrogens with zero attached hydrogens (tertiary/aromatic N) is 1. The van der Waals surface area contributed by atoms with Crippen molar-refractivity contribution >= 4 is 44.9 Å². The molecule has 1 unspecified atom stereocenters. The number of nitrogens with one attached hydrogen (secondary N) is 1. The second kappa shape index (κ2) is 6.23. The van der Waals surface area contributed by atoms with Crippen molar-refractivity contribution in [3.63, 3.8) is 0 Å².